The van der Waals surface area contributed by atoms with Gasteiger partial charge in [-0.25, -0.2) is 9.97 Å². The van der Waals surface area contributed by atoms with Crippen LogP contribution in [0.5, 0.6) is 0 Å². The number of rotatable bonds is 8. The van der Waals surface area contributed by atoms with Gasteiger partial charge in [-0.2, -0.15) is 13.2 Å². The van der Waals surface area contributed by atoms with E-state index in [9.17, 15) is 13.2 Å². The SMILES string of the molecule is CCCNc1cc(SCCCOC)nc(C(F)(F)F)n1. The Hall–Kier alpha value is -1.02. The Labute approximate surface area is 120 Å². The van der Waals surface area contributed by atoms with Crippen LogP contribution in [0.2, 0.25) is 0 Å². The molecule has 0 aromatic carbocycles. The van der Waals surface area contributed by atoms with Crippen molar-refractivity contribution < 1.29 is 17.9 Å². The number of hydrogen-bond acceptors (Lipinski definition) is 5. The van der Waals surface area contributed by atoms with Gasteiger partial charge in [0, 0.05) is 32.1 Å². The summed E-state index contributed by atoms with van der Waals surface area (Å²) < 4.78 is 43.1. The summed E-state index contributed by atoms with van der Waals surface area (Å²) in [5.41, 5.74) is 0. The first kappa shape index (κ1) is 17.0. The van der Waals surface area contributed by atoms with Crippen molar-refractivity contribution in [1.29, 1.82) is 0 Å². The topological polar surface area (TPSA) is 47.0 Å². The van der Waals surface area contributed by atoms with E-state index in [1.165, 1.54) is 11.8 Å². The molecule has 0 amide bonds. The van der Waals surface area contributed by atoms with Crippen molar-refractivity contribution in [3.05, 3.63) is 11.9 Å². The van der Waals surface area contributed by atoms with E-state index in [0.717, 1.165) is 12.8 Å². The third kappa shape index (κ3) is 5.96. The molecule has 0 aliphatic carbocycles. The van der Waals surface area contributed by atoms with Crippen molar-refractivity contribution in [3.8, 4) is 0 Å². The Bertz CT molecular complexity index is 415. The predicted octanol–water partition coefficient (Wildman–Crippen LogP) is 3.45. The number of alkyl halides is 3. The van der Waals surface area contributed by atoms with E-state index < -0.39 is 12.0 Å². The molecule has 114 valence electrons. The molecule has 0 radical (unpaired) electrons. The molecule has 0 atom stereocenters. The van der Waals surface area contributed by atoms with Crippen molar-refractivity contribution in [2.24, 2.45) is 0 Å². The van der Waals surface area contributed by atoms with Crippen LogP contribution in [-0.2, 0) is 10.9 Å². The molecule has 0 unspecified atom stereocenters. The molecular weight excluding hydrogens is 291 g/mol. The number of nitrogens with zero attached hydrogens (tertiary/aromatic N) is 2. The van der Waals surface area contributed by atoms with Gasteiger partial charge in [-0.15, -0.1) is 11.8 Å². The lowest BCUT2D eigenvalue weighted by Crippen LogP contribution is -2.14. The molecule has 0 aliphatic heterocycles. The third-order valence-corrected chi connectivity index (χ3v) is 3.25. The van der Waals surface area contributed by atoms with Crippen LogP contribution in [0.4, 0.5) is 19.0 Å². The Kier molecular flexibility index (Phi) is 7.08. The van der Waals surface area contributed by atoms with E-state index in [-0.39, 0.29) is 5.82 Å². The zero-order chi connectivity index (χ0) is 15.0. The number of ether oxygens (including phenoxy) is 1. The summed E-state index contributed by atoms with van der Waals surface area (Å²) in [6.07, 6.45) is -2.97. The van der Waals surface area contributed by atoms with E-state index in [2.05, 4.69) is 15.3 Å². The van der Waals surface area contributed by atoms with Gasteiger partial charge >= 0.3 is 6.18 Å². The molecule has 1 N–H and O–H groups in total. The normalized spacial score (nSPS) is 11.7. The first-order valence-corrected chi connectivity index (χ1v) is 7.27. The second kappa shape index (κ2) is 8.31. The van der Waals surface area contributed by atoms with Crippen LogP contribution in [0.3, 0.4) is 0 Å². The second-order valence-corrected chi connectivity index (χ2v) is 5.15. The van der Waals surface area contributed by atoms with E-state index in [4.69, 9.17) is 4.74 Å². The minimum absolute atomic E-state index is 0.211. The highest BCUT2D eigenvalue weighted by atomic mass is 32.2. The maximum Gasteiger partial charge on any atom is 0.451 e. The van der Waals surface area contributed by atoms with Crippen LogP contribution in [0, 0.1) is 0 Å². The van der Waals surface area contributed by atoms with E-state index in [0.29, 0.717) is 23.9 Å². The van der Waals surface area contributed by atoms with Gasteiger partial charge in [0.2, 0.25) is 5.82 Å². The van der Waals surface area contributed by atoms with Gasteiger partial charge < -0.3 is 10.1 Å². The highest BCUT2D eigenvalue weighted by Crippen LogP contribution is 2.29. The summed E-state index contributed by atoms with van der Waals surface area (Å²) >= 11 is 1.27. The summed E-state index contributed by atoms with van der Waals surface area (Å²) in [6.45, 7) is 3.08. The molecule has 1 aromatic heterocycles. The Morgan fingerprint density at radius 3 is 2.70 bits per heavy atom. The zero-order valence-corrected chi connectivity index (χ0v) is 12.3. The Morgan fingerprint density at radius 1 is 1.35 bits per heavy atom. The predicted molar refractivity (Wildman–Crippen MR) is 73.0 cm³/mol. The quantitative estimate of drug-likeness (QED) is 0.453. The Morgan fingerprint density at radius 2 is 2.10 bits per heavy atom. The van der Waals surface area contributed by atoms with Crippen molar-refractivity contribution in [2.75, 3.05) is 31.3 Å². The number of halogens is 3. The zero-order valence-electron chi connectivity index (χ0n) is 11.5. The van der Waals surface area contributed by atoms with Crippen LogP contribution in [0.25, 0.3) is 0 Å². The van der Waals surface area contributed by atoms with Gasteiger partial charge in [-0.05, 0) is 12.8 Å². The summed E-state index contributed by atoms with van der Waals surface area (Å²) in [7, 11) is 1.59. The molecule has 1 rings (SSSR count). The summed E-state index contributed by atoms with van der Waals surface area (Å²) in [6, 6.07) is 1.54. The molecule has 1 aromatic rings. The summed E-state index contributed by atoms with van der Waals surface area (Å²) in [5.74, 6) is -0.244. The van der Waals surface area contributed by atoms with Crippen LogP contribution in [0.15, 0.2) is 11.1 Å². The molecule has 8 heteroatoms. The number of methoxy groups -OCH3 is 1. The molecule has 0 saturated carbocycles. The summed E-state index contributed by atoms with van der Waals surface area (Å²) in [4.78, 5) is 7.06. The maximum atomic E-state index is 12.7. The highest BCUT2D eigenvalue weighted by Gasteiger charge is 2.35. The van der Waals surface area contributed by atoms with Gasteiger partial charge in [0.1, 0.15) is 10.8 Å². The standard InChI is InChI=1S/C12H18F3N3OS/c1-3-5-16-9-8-10(20-7-4-6-19-2)18-11(17-9)12(13,14)15/h8H,3-7H2,1-2H3,(H,16,17,18). The molecular formula is C12H18F3N3OS. The monoisotopic (exact) mass is 309 g/mol. The lowest BCUT2D eigenvalue weighted by molar-refractivity contribution is -0.145. The van der Waals surface area contributed by atoms with Crippen molar-refractivity contribution >= 4 is 17.6 Å². The van der Waals surface area contributed by atoms with Gasteiger partial charge in [0.05, 0.1) is 0 Å². The molecule has 0 aliphatic rings. The smallest absolute Gasteiger partial charge is 0.385 e. The number of anilines is 1. The highest BCUT2D eigenvalue weighted by molar-refractivity contribution is 7.99. The van der Waals surface area contributed by atoms with Gasteiger partial charge in [0.25, 0.3) is 0 Å². The molecule has 0 fully saturated rings. The number of thioether (sulfide) groups is 1. The van der Waals surface area contributed by atoms with E-state index >= 15 is 0 Å². The van der Waals surface area contributed by atoms with Gasteiger partial charge in [-0.1, -0.05) is 6.92 Å². The van der Waals surface area contributed by atoms with Crippen molar-refractivity contribution in [2.45, 2.75) is 31.0 Å². The van der Waals surface area contributed by atoms with E-state index in [1.54, 1.807) is 13.2 Å². The fraction of sp³-hybridized carbons (Fsp3) is 0.667. The third-order valence-electron chi connectivity index (χ3n) is 2.26. The average Bonchev–Trinajstić information content (AvgIpc) is 2.40. The number of hydrogen-bond donors (Lipinski definition) is 1. The maximum absolute atomic E-state index is 12.7. The fourth-order valence-corrected chi connectivity index (χ4v) is 2.17. The molecule has 0 spiro atoms. The summed E-state index contributed by atoms with van der Waals surface area (Å²) in [5, 5.41) is 3.18. The minimum atomic E-state index is -4.54. The lowest BCUT2D eigenvalue weighted by Gasteiger charge is -2.11. The van der Waals surface area contributed by atoms with Crippen molar-refractivity contribution in [1.82, 2.24) is 9.97 Å². The second-order valence-electron chi connectivity index (χ2n) is 4.03. The first-order chi connectivity index (χ1) is 9.47. The van der Waals surface area contributed by atoms with Crippen LogP contribution in [0.1, 0.15) is 25.6 Å². The minimum Gasteiger partial charge on any atom is -0.385 e. The van der Waals surface area contributed by atoms with Crippen LogP contribution in [-0.4, -0.2) is 36.0 Å². The fourth-order valence-electron chi connectivity index (χ4n) is 1.35. The first-order valence-electron chi connectivity index (χ1n) is 6.29. The Balaban J connectivity index is 2.80. The van der Waals surface area contributed by atoms with Crippen LogP contribution < -0.4 is 5.32 Å². The van der Waals surface area contributed by atoms with Crippen molar-refractivity contribution in [3.63, 3.8) is 0 Å². The number of aromatic nitrogens is 2. The largest absolute Gasteiger partial charge is 0.451 e. The molecule has 20 heavy (non-hydrogen) atoms. The molecule has 4 nitrogen and oxygen atoms in total. The van der Waals surface area contributed by atoms with E-state index in [1.807, 2.05) is 6.92 Å². The molecule has 0 saturated heterocycles. The average molecular weight is 309 g/mol. The van der Waals surface area contributed by atoms with Crippen LogP contribution >= 0.6 is 11.8 Å². The molecule has 1 heterocycles. The molecule has 0 bridgehead atoms. The van der Waals surface area contributed by atoms with Gasteiger partial charge in [-0.3, -0.25) is 0 Å². The van der Waals surface area contributed by atoms with Gasteiger partial charge in [0.15, 0.2) is 0 Å². The lowest BCUT2D eigenvalue weighted by atomic mass is 10.4. The number of nitrogens with one attached hydrogen (secondary N) is 1.